The van der Waals surface area contributed by atoms with E-state index in [9.17, 15) is 4.79 Å². The molecule has 3 heteroatoms. The lowest BCUT2D eigenvalue weighted by molar-refractivity contribution is -0.136. The summed E-state index contributed by atoms with van der Waals surface area (Å²) in [6.07, 6.45) is 1.99. The molecule has 1 aliphatic heterocycles. The Balaban J connectivity index is 2.19. The summed E-state index contributed by atoms with van der Waals surface area (Å²) >= 11 is 1.88. The maximum Gasteiger partial charge on any atom is 0.303 e. The summed E-state index contributed by atoms with van der Waals surface area (Å²) in [6, 6.07) is 6.23. The van der Waals surface area contributed by atoms with Crippen molar-refractivity contribution >= 4 is 17.7 Å². The highest BCUT2D eigenvalue weighted by Gasteiger charge is 2.20. The Hall–Kier alpha value is -0.960. The van der Waals surface area contributed by atoms with Crippen LogP contribution in [0.3, 0.4) is 0 Å². The van der Waals surface area contributed by atoms with Gasteiger partial charge in [-0.25, -0.2) is 0 Å². The van der Waals surface area contributed by atoms with Crippen LogP contribution in [0.1, 0.15) is 24.5 Å². The third-order valence-corrected chi connectivity index (χ3v) is 3.94. The minimum absolute atomic E-state index is 0.228. The Morgan fingerprint density at radius 2 is 2.40 bits per heavy atom. The maximum absolute atomic E-state index is 10.5. The Morgan fingerprint density at radius 1 is 1.60 bits per heavy atom. The second kappa shape index (κ2) is 4.27. The molecule has 2 rings (SSSR count). The summed E-state index contributed by atoms with van der Waals surface area (Å²) in [7, 11) is 0. The van der Waals surface area contributed by atoms with Crippen LogP contribution in [0.5, 0.6) is 0 Å². The lowest BCUT2D eigenvalue weighted by Gasteiger charge is -2.05. The molecule has 0 bridgehead atoms. The molecule has 0 spiro atoms. The molecule has 0 fully saturated rings. The van der Waals surface area contributed by atoms with E-state index in [2.05, 4.69) is 13.0 Å². The van der Waals surface area contributed by atoms with Gasteiger partial charge in [-0.3, -0.25) is 4.79 Å². The van der Waals surface area contributed by atoms with Crippen molar-refractivity contribution in [2.24, 2.45) is 0 Å². The molecule has 0 saturated heterocycles. The molecule has 0 radical (unpaired) electrons. The Labute approximate surface area is 93.7 Å². The van der Waals surface area contributed by atoms with Gasteiger partial charge in [-0.05, 0) is 24.0 Å². The minimum Gasteiger partial charge on any atom is -0.481 e. The summed E-state index contributed by atoms with van der Waals surface area (Å²) in [4.78, 5) is 11.9. The summed E-state index contributed by atoms with van der Waals surface area (Å²) in [6.45, 7) is 2.21. The van der Waals surface area contributed by atoms with Gasteiger partial charge in [-0.1, -0.05) is 25.1 Å². The van der Waals surface area contributed by atoms with Crippen molar-refractivity contribution in [3.8, 4) is 0 Å². The van der Waals surface area contributed by atoms with Crippen LogP contribution < -0.4 is 0 Å². The Bertz CT molecular complexity index is 387. The second-order valence-electron chi connectivity index (χ2n) is 3.93. The number of benzene rings is 1. The third-order valence-electron chi connectivity index (χ3n) is 2.61. The van der Waals surface area contributed by atoms with Crippen molar-refractivity contribution < 1.29 is 9.90 Å². The average molecular weight is 222 g/mol. The Kier molecular flexibility index (Phi) is 3.00. The second-order valence-corrected chi connectivity index (χ2v) is 5.38. The normalized spacial score (nSPS) is 18.9. The van der Waals surface area contributed by atoms with Crippen LogP contribution in [-0.4, -0.2) is 16.3 Å². The Morgan fingerprint density at radius 3 is 3.13 bits per heavy atom. The summed E-state index contributed by atoms with van der Waals surface area (Å²) in [5.41, 5.74) is 2.58. The number of carboxylic acids is 1. The van der Waals surface area contributed by atoms with E-state index in [4.69, 9.17) is 5.11 Å². The average Bonchev–Trinajstić information content (AvgIpc) is 2.55. The fourth-order valence-corrected chi connectivity index (χ4v) is 3.23. The van der Waals surface area contributed by atoms with Crippen molar-refractivity contribution in [2.75, 3.05) is 0 Å². The van der Waals surface area contributed by atoms with Crippen molar-refractivity contribution in [3.63, 3.8) is 0 Å². The smallest absolute Gasteiger partial charge is 0.303 e. The van der Waals surface area contributed by atoms with Crippen molar-refractivity contribution in [1.82, 2.24) is 0 Å². The van der Waals surface area contributed by atoms with Crippen molar-refractivity contribution in [1.29, 1.82) is 0 Å². The molecule has 80 valence electrons. The predicted molar refractivity (Wildman–Crippen MR) is 61.4 cm³/mol. The zero-order valence-electron chi connectivity index (χ0n) is 8.69. The van der Waals surface area contributed by atoms with E-state index < -0.39 is 5.97 Å². The molecular formula is C12H14O2S. The molecule has 15 heavy (non-hydrogen) atoms. The largest absolute Gasteiger partial charge is 0.481 e. The molecule has 1 N–H and O–H groups in total. The third kappa shape index (κ3) is 2.34. The monoisotopic (exact) mass is 222 g/mol. The van der Waals surface area contributed by atoms with Crippen molar-refractivity contribution in [3.05, 3.63) is 29.3 Å². The molecule has 1 unspecified atom stereocenters. The fraction of sp³-hybridized carbons (Fsp3) is 0.417. The standard InChI is InChI=1S/C12H14O2S/c1-8-7-10-4-2-3-9(12(10)15-8)5-6-11(13)14/h2-4,8H,5-7H2,1H3,(H,13,14). The molecular weight excluding hydrogens is 208 g/mol. The van der Waals surface area contributed by atoms with Crippen LogP contribution in [-0.2, 0) is 17.6 Å². The summed E-state index contributed by atoms with van der Waals surface area (Å²) in [5.74, 6) is -0.719. The van der Waals surface area contributed by atoms with Crippen molar-refractivity contribution in [2.45, 2.75) is 36.3 Å². The van der Waals surface area contributed by atoms with Gasteiger partial charge in [0, 0.05) is 16.6 Å². The first kappa shape index (κ1) is 10.6. The van der Waals surface area contributed by atoms with Crippen LogP contribution in [0.15, 0.2) is 23.1 Å². The first-order chi connectivity index (χ1) is 7.16. The first-order valence-electron chi connectivity index (χ1n) is 5.16. The summed E-state index contributed by atoms with van der Waals surface area (Å²) < 4.78 is 0. The number of fused-ring (bicyclic) bond motifs is 1. The zero-order chi connectivity index (χ0) is 10.8. The topological polar surface area (TPSA) is 37.3 Å². The molecule has 0 amide bonds. The van der Waals surface area contributed by atoms with Gasteiger partial charge in [0.15, 0.2) is 0 Å². The van der Waals surface area contributed by atoms with Crippen LogP contribution in [0.25, 0.3) is 0 Å². The number of rotatable bonds is 3. The van der Waals surface area contributed by atoms with E-state index in [1.807, 2.05) is 23.9 Å². The number of thioether (sulfide) groups is 1. The van der Waals surface area contributed by atoms with E-state index >= 15 is 0 Å². The number of aryl methyl sites for hydroxylation is 1. The highest BCUT2D eigenvalue weighted by atomic mass is 32.2. The van der Waals surface area contributed by atoms with Gasteiger partial charge in [0.2, 0.25) is 0 Å². The minimum atomic E-state index is -0.719. The number of carboxylic acid groups (broad SMARTS) is 1. The van der Waals surface area contributed by atoms with Gasteiger partial charge in [0.1, 0.15) is 0 Å². The SMILES string of the molecule is CC1Cc2cccc(CCC(=O)O)c2S1. The highest BCUT2D eigenvalue weighted by molar-refractivity contribution is 8.00. The van der Waals surface area contributed by atoms with Crippen LogP contribution in [0.2, 0.25) is 0 Å². The van der Waals surface area contributed by atoms with Gasteiger partial charge in [-0.15, -0.1) is 11.8 Å². The lowest BCUT2D eigenvalue weighted by atomic mass is 10.0. The van der Waals surface area contributed by atoms with E-state index in [-0.39, 0.29) is 6.42 Å². The molecule has 0 aliphatic carbocycles. The van der Waals surface area contributed by atoms with Gasteiger partial charge in [0.25, 0.3) is 0 Å². The van der Waals surface area contributed by atoms with Crippen LogP contribution >= 0.6 is 11.8 Å². The molecule has 2 nitrogen and oxygen atoms in total. The van der Waals surface area contributed by atoms with E-state index in [0.29, 0.717) is 11.7 Å². The fourth-order valence-electron chi connectivity index (χ4n) is 1.94. The van der Waals surface area contributed by atoms with Gasteiger partial charge >= 0.3 is 5.97 Å². The van der Waals surface area contributed by atoms with E-state index in [1.165, 1.54) is 16.0 Å². The molecule has 1 aromatic rings. The van der Waals surface area contributed by atoms with Crippen LogP contribution in [0, 0.1) is 0 Å². The lowest BCUT2D eigenvalue weighted by Crippen LogP contribution is -1.98. The molecule has 1 atom stereocenters. The number of carbonyl (C=O) groups is 1. The molecule has 1 heterocycles. The predicted octanol–water partition coefficient (Wildman–Crippen LogP) is 2.74. The molecule has 1 aromatic carbocycles. The van der Waals surface area contributed by atoms with E-state index in [0.717, 1.165) is 6.42 Å². The molecule has 0 saturated carbocycles. The zero-order valence-corrected chi connectivity index (χ0v) is 9.51. The van der Waals surface area contributed by atoms with Crippen LogP contribution in [0.4, 0.5) is 0 Å². The highest BCUT2D eigenvalue weighted by Crippen LogP contribution is 2.39. The first-order valence-corrected chi connectivity index (χ1v) is 6.04. The van der Waals surface area contributed by atoms with Gasteiger partial charge < -0.3 is 5.11 Å². The number of hydrogen-bond acceptors (Lipinski definition) is 2. The quantitative estimate of drug-likeness (QED) is 0.854. The molecule has 0 aromatic heterocycles. The maximum atomic E-state index is 10.5. The van der Waals surface area contributed by atoms with Gasteiger partial charge in [-0.2, -0.15) is 0 Å². The molecule has 1 aliphatic rings. The number of hydrogen-bond donors (Lipinski definition) is 1. The van der Waals surface area contributed by atoms with Gasteiger partial charge in [0.05, 0.1) is 0 Å². The summed E-state index contributed by atoms with van der Waals surface area (Å²) in [5, 5.41) is 9.30. The van der Waals surface area contributed by atoms with E-state index in [1.54, 1.807) is 0 Å². The number of aliphatic carboxylic acids is 1.